The molecule has 0 saturated heterocycles. The molecule has 0 bridgehead atoms. The summed E-state index contributed by atoms with van der Waals surface area (Å²) in [5.41, 5.74) is 0. The van der Waals surface area contributed by atoms with Crippen molar-refractivity contribution in [3.63, 3.8) is 0 Å². The van der Waals surface area contributed by atoms with Crippen LogP contribution in [0.2, 0.25) is 0 Å². The van der Waals surface area contributed by atoms with Crippen LogP contribution in [0.15, 0.2) is 0 Å². The second kappa shape index (κ2) is 6.39. The average molecular weight is 188 g/mol. The first kappa shape index (κ1) is 12.9. The van der Waals surface area contributed by atoms with Crippen molar-refractivity contribution in [1.82, 2.24) is 0 Å². The van der Waals surface area contributed by atoms with E-state index in [0.29, 0.717) is 0 Å². The highest BCUT2D eigenvalue weighted by Crippen LogP contribution is 2.34. The van der Waals surface area contributed by atoms with E-state index in [-0.39, 0.29) is 5.79 Å². The van der Waals surface area contributed by atoms with Crippen molar-refractivity contribution < 1.29 is 9.47 Å². The third-order valence-electron chi connectivity index (χ3n) is 2.78. The molecule has 0 radical (unpaired) electrons. The van der Waals surface area contributed by atoms with Crippen LogP contribution in [-0.4, -0.2) is 20.0 Å². The molecular weight excluding hydrogens is 164 g/mol. The Balaban J connectivity index is 0.000000671. The van der Waals surface area contributed by atoms with Crippen molar-refractivity contribution in [2.45, 2.75) is 52.2 Å². The maximum atomic E-state index is 5.35. The molecule has 80 valence electrons. The summed E-state index contributed by atoms with van der Waals surface area (Å²) >= 11 is 0. The van der Waals surface area contributed by atoms with Crippen LogP contribution in [-0.2, 0) is 9.47 Å². The van der Waals surface area contributed by atoms with Gasteiger partial charge in [-0.25, -0.2) is 0 Å². The van der Waals surface area contributed by atoms with Gasteiger partial charge in [0.2, 0.25) is 0 Å². The molecule has 0 aromatic carbocycles. The molecule has 0 atom stereocenters. The molecule has 0 N–H and O–H groups in total. The molecule has 1 saturated carbocycles. The Morgan fingerprint density at radius 1 is 1.00 bits per heavy atom. The molecular formula is C11H24O2. The van der Waals surface area contributed by atoms with Crippen molar-refractivity contribution in [1.29, 1.82) is 0 Å². The first-order chi connectivity index (χ1) is 6.22. The predicted molar refractivity (Wildman–Crippen MR) is 55.7 cm³/mol. The van der Waals surface area contributed by atoms with Gasteiger partial charge in [-0.1, -0.05) is 20.8 Å². The van der Waals surface area contributed by atoms with E-state index in [1.807, 2.05) is 13.8 Å². The largest absolute Gasteiger partial charge is 0.353 e. The summed E-state index contributed by atoms with van der Waals surface area (Å²) in [6.45, 7) is 6.29. The number of ether oxygens (including phenoxy) is 2. The third-order valence-corrected chi connectivity index (χ3v) is 2.78. The lowest BCUT2D eigenvalue weighted by atomic mass is 9.86. The molecule has 1 aliphatic rings. The van der Waals surface area contributed by atoms with Gasteiger partial charge in [0.1, 0.15) is 0 Å². The van der Waals surface area contributed by atoms with Gasteiger partial charge in [-0.3, -0.25) is 0 Å². The minimum Gasteiger partial charge on any atom is -0.353 e. The molecule has 0 aliphatic heterocycles. The van der Waals surface area contributed by atoms with Gasteiger partial charge >= 0.3 is 0 Å². The van der Waals surface area contributed by atoms with Crippen LogP contribution in [0.1, 0.15) is 46.5 Å². The van der Waals surface area contributed by atoms with Gasteiger partial charge in [0.15, 0.2) is 5.79 Å². The highest BCUT2D eigenvalue weighted by molar-refractivity contribution is 4.77. The van der Waals surface area contributed by atoms with Crippen molar-refractivity contribution >= 4 is 0 Å². The van der Waals surface area contributed by atoms with Crippen LogP contribution in [0.25, 0.3) is 0 Å². The Morgan fingerprint density at radius 3 is 1.69 bits per heavy atom. The molecule has 1 fully saturated rings. The molecule has 0 heterocycles. The lowest BCUT2D eigenvalue weighted by molar-refractivity contribution is -0.226. The number of methoxy groups -OCH3 is 2. The minimum absolute atomic E-state index is 0.257. The molecule has 0 spiro atoms. The molecule has 2 nitrogen and oxygen atoms in total. The summed E-state index contributed by atoms with van der Waals surface area (Å²) in [5, 5.41) is 0. The molecule has 13 heavy (non-hydrogen) atoms. The zero-order chi connectivity index (χ0) is 10.3. The van der Waals surface area contributed by atoms with E-state index in [1.54, 1.807) is 14.2 Å². The Hall–Kier alpha value is -0.0800. The summed E-state index contributed by atoms with van der Waals surface area (Å²) in [5.74, 6) is 0.584. The van der Waals surface area contributed by atoms with E-state index < -0.39 is 0 Å². The normalized spacial score (nSPS) is 21.9. The van der Waals surface area contributed by atoms with E-state index in [4.69, 9.17) is 9.47 Å². The summed E-state index contributed by atoms with van der Waals surface area (Å²) in [4.78, 5) is 0. The van der Waals surface area contributed by atoms with Crippen molar-refractivity contribution in [3.05, 3.63) is 0 Å². The lowest BCUT2D eigenvalue weighted by Gasteiger charge is -2.36. The fourth-order valence-electron chi connectivity index (χ4n) is 1.69. The fourth-order valence-corrected chi connectivity index (χ4v) is 1.69. The summed E-state index contributed by atoms with van der Waals surface area (Å²) in [6, 6.07) is 0. The highest BCUT2D eigenvalue weighted by atomic mass is 16.7. The van der Waals surface area contributed by atoms with Crippen LogP contribution in [0.4, 0.5) is 0 Å². The molecule has 0 aromatic heterocycles. The van der Waals surface area contributed by atoms with Gasteiger partial charge in [-0.2, -0.15) is 0 Å². The quantitative estimate of drug-likeness (QED) is 0.619. The summed E-state index contributed by atoms with van der Waals surface area (Å²) in [6.07, 6.45) is 4.53. The van der Waals surface area contributed by atoms with Gasteiger partial charge in [0, 0.05) is 27.1 Å². The average Bonchev–Trinajstić information content (AvgIpc) is 2.23. The standard InChI is InChI=1S/C9H18O2.C2H6/c1-8-4-6-9(10-2,11-3)7-5-8;1-2/h8H,4-7H2,1-3H3;1-2H3. The van der Waals surface area contributed by atoms with E-state index in [0.717, 1.165) is 18.8 Å². The van der Waals surface area contributed by atoms with Crippen molar-refractivity contribution in [2.75, 3.05) is 14.2 Å². The van der Waals surface area contributed by atoms with Gasteiger partial charge in [-0.15, -0.1) is 0 Å². The van der Waals surface area contributed by atoms with Gasteiger partial charge in [-0.05, 0) is 18.8 Å². The molecule has 1 aliphatic carbocycles. The van der Waals surface area contributed by atoms with E-state index >= 15 is 0 Å². The summed E-state index contributed by atoms with van der Waals surface area (Å²) in [7, 11) is 3.47. The Kier molecular flexibility index (Phi) is 6.35. The Bertz CT molecular complexity index is 109. The second-order valence-electron chi connectivity index (χ2n) is 3.50. The maximum absolute atomic E-state index is 5.35. The number of hydrogen-bond donors (Lipinski definition) is 0. The van der Waals surface area contributed by atoms with Crippen LogP contribution < -0.4 is 0 Å². The maximum Gasteiger partial charge on any atom is 0.167 e. The van der Waals surface area contributed by atoms with E-state index in [9.17, 15) is 0 Å². The molecule has 0 unspecified atom stereocenters. The number of rotatable bonds is 2. The molecule has 2 heteroatoms. The van der Waals surface area contributed by atoms with Crippen LogP contribution >= 0.6 is 0 Å². The third kappa shape index (κ3) is 3.65. The summed E-state index contributed by atoms with van der Waals surface area (Å²) < 4.78 is 10.7. The predicted octanol–water partition coefficient (Wildman–Crippen LogP) is 3.21. The highest BCUT2D eigenvalue weighted by Gasteiger charge is 2.33. The SMILES string of the molecule is CC.COC1(OC)CCC(C)CC1. The van der Waals surface area contributed by atoms with Crippen LogP contribution in [0.5, 0.6) is 0 Å². The van der Waals surface area contributed by atoms with Crippen molar-refractivity contribution in [2.24, 2.45) is 5.92 Å². The van der Waals surface area contributed by atoms with Crippen LogP contribution in [0.3, 0.4) is 0 Å². The van der Waals surface area contributed by atoms with Gasteiger partial charge in [0.25, 0.3) is 0 Å². The monoisotopic (exact) mass is 188 g/mol. The smallest absolute Gasteiger partial charge is 0.167 e. The molecule has 0 amide bonds. The minimum atomic E-state index is -0.257. The first-order valence-electron chi connectivity index (χ1n) is 5.33. The Labute approximate surface area is 82.6 Å². The van der Waals surface area contributed by atoms with E-state index in [2.05, 4.69) is 6.92 Å². The van der Waals surface area contributed by atoms with Gasteiger partial charge < -0.3 is 9.47 Å². The second-order valence-corrected chi connectivity index (χ2v) is 3.50. The Morgan fingerprint density at radius 2 is 1.38 bits per heavy atom. The lowest BCUT2D eigenvalue weighted by Crippen LogP contribution is -2.37. The topological polar surface area (TPSA) is 18.5 Å². The molecule has 0 aromatic rings. The van der Waals surface area contributed by atoms with E-state index in [1.165, 1.54) is 12.8 Å². The zero-order valence-corrected chi connectivity index (χ0v) is 9.72. The fraction of sp³-hybridized carbons (Fsp3) is 1.00. The first-order valence-corrected chi connectivity index (χ1v) is 5.33. The van der Waals surface area contributed by atoms with Crippen LogP contribution in [0, 0.1) is 5.92 Å². The molecule has 1 rings (SSSR count). The number of hydrogen-bond acceptors (Lipinski definition) is 2. The van der Waals surface area contributed by atoms with Gasteiger partial charge in [0.05, 0.1) is 0 Å². The van der Waals surface area contributed by atoms with Crippen molar-refractivity contribution in [3.8, 4) is 0 Å². The zero-order valence-electron chi connectivity index (χ0n) is 9.72.